The fourth-order valence-electron chi connectivity index (χ4n) is 4.58. The molecule has 2 aromatic carbocycles. The number of imidazole rings is 1. The van der Waals surface area contributed by atoms with Gasteiger partial charge in [0, 0.05) is 30.5 Å². The van der Waals surface area contributed by atoms with Gasteiger partial charge in [0.1, 0.15) is 4.90 Å². The number of hydrogen-bond acceptors (Lipinski definition) is 5. The third kappa shape index (κ3) is 5.32. The van der Waals surface area contributed by atoms with Gasteiger partial charge in [0.25, 0.3) is 5.91 Å². The van der Waals surface area contributed by atoms with Crippen LogP contribution in [0.25, 0.3) is 11.0 Å². The molecule has 3 heterocycles. The van der Waals surface area contributed by atoms with Crippen LogP contribution in [-0.4, -0.2) is 37.8 Å². The SMILES string of the molecule is Cc1cc(C(=O)Nc2nc3cccc(Cl)c3n2C2CCCCN(Sc3c(F)c(F)c(F)c(F)c3F)C2)ccn1. The lowest BCUT2D eigenvalue weighted by Crippen LogP contribution is -2.26. The summed E-state index contributed by atoms with van der Waals surface area (Å²) in [6.07, 6.45) is 3.41. The molecule has 13 heteroatoms. The number of carbonyl (C=O) groups excluding carboxylic acids is 1. The zero-order valence-corrected chi connectivity index (χ0v) is 22.0. The number of nitrogens with zero attached hydrogens (tertiary/aromatic N) is 4. The van der Waals surface area contributed by atoms with Gasteiger partial charge in [0.15, 0.2) is 23.3 Å². The Labute approximate surface area is 229 Å². The Kier molecular flexibility index (Phi) is 7.79. The maximum Gasteiger partial charge on any atom is 0.258 e. The molecule has 204 valence electrons. The molecular formula is C26H21ClF5N5OS. The fraction of sp³-hybridized carbons (Fsp3) is 0.269. The lowest BCUT2D eigenvalue weighted by Gasteiger charge is -2.26. The summed E-state index contributed by atoms with van der Waals surface area (Å²) in [6.45, 7) is 2.24. The topological polar surface area (TPSA) is 63.1 Å². The molecule has 1 fully saturated rings. The van der Waals surface area contributed by atoms with Crippen LogP contribution in [0.4, 0.5) is 27.9 Å². The van der Waals surface area contributed by atoms with Crippen molar-refractivity contribution in [2.75, 3.05) is 18.4 Å². The number of amides is 1. The summed E-state index contributed by atoms with van der Waals surface area (Å²) in [6, 6.07) is 7.93. The zero-order chi connectivity index (χ0) is 27.8. The number of pyridine rings is 1. The van der Waals surface area contributed by atoms with Gasteiger partial charge in [-0.3, -0.25) is 15.1 Å². The predicted octanol–water partition coefficient (Wildman–Crippen LogP) is 7.08. The first kappa shape index (κ1) is 27.4. The number of halogens is 6. The van der Waals surface area contributed by atoms with Crippen LogP contribution in [0.1, 0.15) is 41.4 Å². The van der Waals surface area contributed by atoms with Crippen molar-refractivity contribution in [1.82, 2.24) is 18.8 Å². The quantitative estimate of drug-likeness (QED) is 0.118. The molecule has 1 saturated heterocycles. The molecule has 4 aromatic rings. The monoisotopic (exact) mass is 581 g/mol. The van der Waals surface area contributed by atoms with E-state index in [1.165, 1.54) is 6.20 Å². The Morgan fingerprint density at radius 1 is 1.05 bits per heavy atom. The van der Waals surface area contributed by atoms with E-state index in [1.807, 2.05) is 0 Å². The number of hydrogen-bond donors (Lipinski definition) is 1. The van der Waals surface area contributed by atoms with Crippen molar-refractivity contribution in [2.45, 2.75) is 37.1 Å². The van der Waals surface area contributed by atoms with Crippen molar-refractivity contribution < 1.29 is 26.7 Å². The lowest BCUT2D eigenvalue weighted by molar-refractivity contribution is 0.102. The van der Waals surface area contributed by atoms with E-state index < -0.39 is 45.9 Å². The van der Waals surface area contributed by atoms with Crippen molar-refractivity contribution >= 4 is 46.4 Å². The molecule has 0 bridgehead atoms. The lowest BCUT2D eigenvalue weighted by atomic mass is 10.1. The van der Waals surface area contributed by atoms with E-state index in [1.54, 1.807) is 46.1 Å². The molecular weight excluding hydrogens is 561 g/mol. The summed E-state index contributed by atoms with van der Waals surface area (Å²) in [5, 5.41) is 3.21. The van der Waals surface area contributed by atoms with E-state index >= 15 is 0 Å². The molecule has 1 amide bonds. The van der Waals surface area contributed by atoms with Crippen molar-refractivity contribution in [3.63, 3.8) is 0 Å². The second-order valence-electron chi connectivity index (χ2n) is 9.08. The number of benzene rings is 2. The van der Waals surface area contributed by atoms with Crippen LogP contribution in [0, 0.1) is 36.0 Å². The van der Waals surface area contributed by atoms with Gasteiger partial charge in [-0.25, -0.2) is 31.2 Å². The Bertz CT molecular complexity index is 1550. The molecule has 2 aromatic heterocycles. The summed E-state index contributed by atoms with van der Waals surface area (Å²) in [7, 11) is 0. The van der Waals surface area contributed by atoms with Crippen molar-refractivity contribution in [3.05, 3.63) is 81.9 Å². The summed E-state index contributed by atoms with van der Waals surface area (Å²) >= 11 is 7.02. The van der Waals surface area contributed by atoms with E-state index in [4.69, 9.17) is 11.6 Å². The summed E-state index contributed by atoms with van der Waals surface area (Å²) in [5.74, 6) is -10.2. The summed E-state index contributed by atoms with van der Waals surface area (Å²) in [5.41, 5.74) is 2.10. The van der Waals surface area contributed by atoms with Crippen LogP contribution in [0.3, 0.4) is 0 Å². The second kappa shape index (κ2) is 11.1. The normalized spacial score (nSPS) is 16.4. The van der Waals surface area contributed by atoms with Gasteiger partial charge in [-0.15, -0.1) is 0 Å². The predicted molar refractivity (Wildman–Crippen MR) is 138 cm³/mol. The molecule has 0 saturated carbocycles. The smallest absolute Gasteiger partial charge is 0.258 e. The molecule has 39 heavy (non-hydrogen) atoms. The molecule has 0 spiro atoms. The molecule has 0 aliphatic carbocycles. The standard InChI is InChI=1S/C26H21ClF5N5OS/c1-13-11-14(8-9-33-13)25(38)35-26-34-17-7-4-6-16(27)23(17)37(26)15-5-2-3-10-36(12-15)39-24-21(31)19(29)18(28)20(30)22(24)32/h4,6-9,11,15H,2-3,5,10,12H2,1H3,(H,34,35,38). The first-order valence-electron chi connectivity index (χ1n) is 12.0. The van der Waals surface area contributed by atoms with Crippen molar-refractivity contribution in [2.24, 2.45) is 0 Å². The molecule has 5 rings (SSSR count). The Morgan fingerprint density at radius 3 is 2.49 bits per heavy atom. The Hall–Kier alpha value is -3.22. The minimum Gasteiger partial charge on any atom is -0.304 e. The highest BCUT2D eigenvalue weighted by atomic mass is 35.5. The number of nitrogens with one attached hydrogen (secondary N) is 1. The number of aryl methyl sites for hydroxylation is 1. The molecule has 1 N–H and O–H groups in total. The highest BCUT2D eigenvalue weighted by Crippen LogP contribution is 2.38. The van der Waals surface area contributed by atoms with Gasteiger partial charge in [-0.05, 0) is 56.0 Å². The van der Waals surface area contributed by atoms with Gasteiger partial charge in [0.2, 0.25) is 11.8 Å². The molecule has 0 radical (unpaired) electrons. The van der Waals surface area contributed by atoms with Crippen LogP contribution in [0.15, 0.2) is 41.4 Å². The fourth-order valence-corrected chi connectivity index (χ4v) is 5.91. The minimum atomic E-state index is -2.20. The van der Waals surface area contributed by atoms with Gasteiger partial charge in [-0.2, -0.15) is 0 Å². The van der Waals surface area contributed by atoms with Gasteiger partial charge < -0.3 is 4.57 Å². The Morgan fingerprint density at radius 2 is 1.77 bits per heavy atom. The average Bonchev–Trinajstić information content (AvgIpc) is 3.12. The largest absolute Gasteiger partial charge is 0.304 e. The molecule has 1 aliphatic heterocycles. The third-order valence-electron chi connectivity index (χ3n) is 6.41. The third-order valence-corrected chi connectivity index (χ3v) is 7.85. The van der Waals surface area contributed by atoms with Crippen LogP contribution in [0.2, 0.25) is 5.02 Å². The average molecular weight is 582 g/mol. The highest BCUT2D eigenvalue weighted by molar-refractivity contribution is 7.97. The number of aromatic nitrogens is 3. The number of anilines is 1. The van der Waals surface area contributed by atoms with Gasteiger partial charge in [0.05, 0.1) is 22.1 Å². The van der Waals surface area contributed by atoms with Crippen molar-refractivity contribution in [3.8, 4) is 0 Å². The van der Waals surface area contributed by atoms with E-state index in [-0.39, 0.29) is 12.5 Å². The van der Waals surface area contributed by atoms with E-state index in [9.17, 15) is 26.7 Å². The number of carbonyl (C=O) groups is 1. The number of fused-ring (bicyclic) bond motifs is 1. The van der Waals surface area contributed by atoms with Crippen LogP contribution in [-0.2, 0) is 0 Å². The van der Waals surface area contributed by atoms with Crippen molar-refractivity contribution in [1.29, 1.82) is 0 Å². The molecule has 1 unspecified atom stereocenters. The maximum atomic E-state index is 14.4. The van der Waals surface area contributed by atoms with E-state index in [0.717, 1.165) is 0 Å². The van der Waals surface area contributed by atoms with Crippen LogP contribution < -0.4 is 5.32 Å². The number of para-hydroxylation sites is 1. The van der Waals surface area contributed by atoms with Gasteiger partial charge in [-0.1, -0.05) is 24.1 Å². The first-order chi connectivity index (χ1) is 18.7. The van der Waals surface area contributed by atoms with Crippen LogP contribution >= 0.6 is 23.5 Å². The van der Waals surface area contributed by atoms with E-state index in [0.29, 0.717) is 65.1 Å². The summed E-state index contributed by atoms with van der Waals surface area (Å²) < 4.78 is 73.4. The second-order valence-corrected chi connectivity index (χ2v) is 10.6. The zero-order valence-electron chi connectivity index (χ0n) is 20.5. The van der Waals surface area contributed by atoms with Gasteiger partial charge >= 0.3 is 0 Å². The molecule has 1 aliphatic rings. The maximum absolute atomic E-state index is 14.4. The highest BCUT2D eigenvalue weighted by Gasteiger charge is 2.31. The van der Waals surface area contributed by atoms with Crippen LogP contribution in [0.5, 0.6) is 0 Å². The Balaban J connectivity index is 1.51. The first-order valence-corrected chi connectivity index (χ1v) is 13.2. The van der Waals surface area contributed by atoms with E-state index in [2.05, 4.69) is 15.3 Å². The minimum absolute atomic E-state index is 0.151. The summed E-state index contributed by atoms with van der Waals surface area (Å²) in [4.78, 5) is 20.8. The molecule has 1 atom stereocenters. The molecule has 6 nitrogen and oxygen atoms in total. The number of rotatable bonds is 5.